The van der Waals surface area contributed by atoms with Crippen LogP contribution in [0.3, 0.4) is 0 Å². The molecule has 2 aromatic carbocycles. The van der Waals surface area contributed by atoms with E-state index in [4.69, 9.17) is 16.3 Å². The molecule has 2 rings (SSSR count). The molecule has 2 aromatic rings. The lowest BCUT2D eigenvalue weighted by molar-refractivity contribution is -0.123. The van der Waals surface area contributed by atoms with Crippen LogP contribution in [0.25, 0.3) is 6.08 Å². The highest BCUT2D eigenvalue weighted by molar-refractivity contribution is 6.30. The predicted octanol–water partition coefficient (Wildman–Crippen LogP) is 3.02. The molecule has 0 saturated heterocycles. The number of hydrogen-bond acceptors (Lipinski definition) is 4. The van der Waals surface area contributed by atoms with Gasteiger partial charge in [0.05, 0.1) is 19.4 Å². The highest BCUT2D eigenvalue weighted by Crippen LogP contribution is 2.12. The van der Waals surface area contributed by atoms with E-state index in [0.717, 1.165) is 16.9 Å². The largest absolute Gasteiger partial charge is 0.497 e. The number of ether oxygens (including phenoxy) is 1. The SMILES string of the molecule is COc1ccc(/C=C/C(=O)NCC(=O)N/N=C(\C)c2ccc(Cl)cc2)cc1. The lowest BCUT2D eigenvalue weighted by atomic mass is 10.1. The first-order chi connectivity index (χ1) is 13.0. The molecule has 0 fully saturated rings. The van der Waals surface area contributed by atoms with Gasteiger partial charge in [-0.25, -0.2) is 5.43 Å². The number of carbonyl (C=O) groups is 2. The van der Waals surface area contributed by atoms with Gasteiger partial charge in [-0.3, -0.25) is 9.59 Å². The summed E-state index contributed by atoms with van der Waals surface area (Å²) < 4.78 is 5.07. The number of carbonyl (C=O) groups excluding carboxylic acids is 2. The molecule has 2 N–H and O–H groups in total. The molecule has 0 saturated carbocycles. The molecule has 6 nitrogen and oxygen atoms in total. The zero-order valence-electron chi connectivity index (χ0n) is 15.0. The minimum atomic E-state index is -0.422. The Kier molecular flexibility index (Phi) is 7.58. The monoisotopic (exact) mass is 385 g/mol. The predicted molar refractivity (Wildman–Crippen MR) is 107 cm³/mol. The fourth-order valence-electron chi connectivity index (χ4n) is 2.05. The highest BCUT2D eigenvalue weighted by Gasteiger charge is 2.03. The number of rotatable bonds is 7. The van der Waals surface area contributed by atoms with Crippen LogP contribution in [0.2, 0.25) is 5.02 Å². The first-order valence-corrected chi connectivity index (χ1v) is 8.55. The van der Waals surface area contributed by atoms with E-state index >= 15 is 0 Å². The van der Waals surface area contributed by atoms with Gasteiger partial charge in [0.15, 0.2) is 0 Å². The van der Waals surface area contributed by atoms with Crippen LogP contribution in [0.5, 0.6) is 5.75 Å². The van der Waals surface area contributed by atoms with E-state index in [1.54, 1.807) is 56.5 Å². The van der Waals surface area contributed by atoms with E-state index in [0.29, 0.717) is 10.7 Å². The van der Waals surface area contributed by atoms with E-state index in [2.05, 4.69) is 15.8 Å². The first-order valence-electron chi connectivity index (χ1n) is 8.17. The fraction of sp³-hybridized carbons (Fsp3) is 0.150. The number of hydrogen-bond donors (Lipinski definition) is 2. The number of methoxy groups -OCH3 is 1. The second-order valence-electron chi connectivity index (χ2n) is 5.56. The first kappa shape index (κ1) is 20.2. The zero-order valence-corrected chi connectivity index (χ0v) is 15.8. The third kappa shape index (κ3) is 6.95. The van der Waals surface area contributed by atoms with Gasteiger partial charge in [-0.05, 0) is 48.4 Å². The molecule has 0 aliphatic heterocycles. The van der Waals surface area contributed by atoms with Crippen molar-refractivity contribution in [3.05, 3.63) is 70.8 Å². The molecule has 0 bridgehead atoms. The normalized spacial score (nSPS) is 11.3. The van der Waals surface area contributed by atoms with Gasteiger partial charge in [0.25, 0.3) is 5.91 Å². The van der Waals surface area contributed by atoms with Gasteiger partial charge < -0.3 is 10.1 Å². The Bertz CT molecular complexity index is 844. The van der Waals surface area contributed by atoms with Gasteiger partial charge in [0, 0.05) is 11.1 Å². The Labute approximate surface area is 162 Å². The van der Waals surface area contributed by atoms with E-state index in [1.165, 1.54) is 6.08 Å². The number of halogens is 1. The molecule has 0 aliphatic rings. The van der Waals surface area contributed by atoms with Gasteiger partial charge in [-0.15, -0.1) is 0 Å². The molecule has 0 atom stereocenters. The maximum Gasteiger partial charge on any atom is 0.259 e. The zero-order chi connectivity index (χ0) is 19.6. The molecule has 27 heavy (non-hydrogen) atoms. The van der Waals surface area contributed by atoms with Crippen LogP contribution in [-0.4, -0.2) is 31.2 Å². The summed E-state index contributed by atoms with van der Waals surface area (Å²) >= 11 is 5.83. The Morgan fingerprint density at radius 1 is 1.11 bits per heavy atom. The maximum atomic E-state index is 11.8. The molecular formula is C20H20ClN3O3. The Hall–Kier alpha value is -3.12. The Morgan fingerprint density at radius 3 is 2.41 bits per heavy atom. The fourth-order valence-corrected chi connectivity index (χ4v) is 2.18. The molecule has 0 unspecified atom stereocenters. The number of benzene rings is 2. The molecule has 0 aromatic heterocycles. The van der Waals surface area contributed by atoms with Crippen LogP contribution in [0.1, 0.15) is 18.1 Å². The number of nitrogens with zero attached hydrogens (tertiary/aromatic N) is 1. The summed E-state index contributed by atoms with van der Waals surface area (Å²) in [5.41, 5.74) is 4.72. The van der Waals surface area contributed by atoms with E-state index in [9.17, 15) is 9.59 Å². The number of hydrazone groups is 1. The van der Waals surface area contributed by atoms with E-state index < -0.39 is 5.91 Å². The minimum Gasteiger partial charge on any atom is -0.497 e. The van der Waals surface area contributed by atoms with Crippen molar-refractivity contribution in [2.75, 3.05) is 13.7 Å². The van der Waals surface area contributed by atoms with Crippen molar-refractivity contribution in [2.24, 2.45) is 5.10 Å². The quantitative estimate of drug-likeness (QED) is 0.437. The van der Waals surface area contributed by atoms with Gasteiger partial charge in [0.2, 0.25) is 5.91 Å². The van der Waals surface area contributed by atoms with Gasteiger partial charge in [-0.1, -0.05) is 35.9 Å². The molecule has 0 spiro atoms. The summed E-state index contributed by atoms with van der Waals surface area (Å²) in [6.45, 7) is 1.59. The maximum absolute atomic E-state index is 11.8. The average Bonchev–Trinajstić information content (AvgIpc) is 2.69. The van der Waals surface area contributed by atoms with Crippen molar-refractivity contribution in [3.8, 4) is 5.75 Å². The molecule has 0 aliphatic carbocycles. The van der Waals surface area contributed by atoms with Crippen molar-refractivity contribution < 1.29 is 14.3 Å². The van der Waals surface area contributed by atoms with Gasteiger partial charge in [0.1, 0.15) is 5.75 Å². The summed E-state index contributed by atoms with van der Waals surface area (Å²) in [4.78, 5) is 23.6. The molecule has 2 amide bonds. The van der Waals surface area contributed by atoms with Crippen LogP contribution in [0.15, 0.2) is 59.7 Å². The number of nitrogens with one attached hydrogen (secondary N) is 2. The second kappa shape index (κ2) is 10.1. The molecule has 7 heteroatoms. The topological polar surface area (TPSA) is 79.8 Å². The van der Waals surface area contributed by atoms with Crippen molar-refractivity contribution >= 4 is 35.2 Å². The summed E-state index contributed by atoms with van der Waals surface area (Å²) in [6, 6.07) is 14.3. The van der Waals surface area contributed by atoms with Crippen molar-refractivity contribution in [1.29, 1.82) is 0 Å². The summed E-state index contributed by atoms with van der Waals surface area (Å²) in [7, 11) is 1.59. The van der Waals surface area contributed by atoms with E-state index in [1.807, 2.05) is 12.1 Å². The molecule has 140 valence electrons. The Balaban J connectivity index is 1.78. The smallest absolute Gasteiger partial charge is 0.259 e. The minimum absolute atomic E-state index is 0.177. The molecule has 0 radical (unpaired) electrons. The summed E-state index contributed by atoms with van der Waals surface area (Å²) in [5.74, 6) is -0.0587. The summed E-state index contributed by atoms with van der Waals surface area (Å²) in [6.07, 6.45) is 3.01. The van der Waals surface area contributed by atoms with Crippen LogP contribution in [-0.2, 0) is 9.59 Å². The second-order valence-corrected chi connectivity index (χ2v) is 6.00. The van der Waals surface area contributed by atoms with Crippen molar-refractivity contribution in [1.82, 2.24) is 10.7 Å². The van der Waals surface area contributed by atoms with Gasteiger partial charge in [-0.2, -0.15) is 5.10 Å². The third-order valence-electron chi connectivity index (χ3n) is 3.58. The van der Waals surface area contributed by atoms with Crippen LogP contribution in [0, 0.1) is 0 Å². The lowest BCUT2D eigenvalue weighted by Crippen LogP contribution is -2.34. The average molecular weight is 386 g/mol. The number of amides is 2. The van der Waals surface area contributed by atoms with Crippen LogP contribution >= 0.6 is 11.6 Å². The Morgan fingerprint density at radius 2 is 1.78 bits per heavy atom. The lowest BCUT2D eigenvalue weighted by Gasteiger charge is -2.04. The highest BCUT2D eigenvalue weighted by atomic mass is 35.5. The summed E-state index contributed by atoms with van der Waals surface area (Å²) in [5, 5.41) is 7.13. The third-order valence-corrected chi connectivity index (χ3v) is 3.83. The standard InChI is InChI=1S/C20H20ClN3O3/c1-14(16-6-8-17(21)9-7-16)23-24-20(26)13-22-19(25)12-5-15-3-10-18(27-2)11-4-15/h3-12H,13H2,1-2H3,(H,22,25)(H,24,26)/b12-5+,23-14+. The van der Waals surface area contributed by atoms with E-state index in [-0.39, 0.29) is 12.5 Å². The molecule has 0 heterocycles. The van der Waals surface area contributed by atoms with Gasteiger partial charge >= 0.3 is 0 Å². The van der Waals surface area contributed by atoms with Crippen LogP contribution in [0.4, 0.5) is 0 Å². The van der Waals surface area contributed by atoms with Crippen LogP contribution < -0.4 is 15.5 Å². The van der Waals surface area contributed by atoms with Crippen molar-refractivity contribution in [2.45, 2.75) is 6.92 Å². The molecular weight excluding hydrogens is 366 g/mol. The van der Waals surface area contributed by atoms with Crippen molar-refractivity contribution in [3.63, 3.8) is 0 Å².